The summed E-state index contributed by atoms with van der Waals surface area (Å²) < 4.78 is 40.4. The number of likely N-dealkylation sites (tertiary alicyclic amines) is 1. The Bertz CT molecular complexity index is 1160. The standard InChI is InChI=1S/C23H20F3N5O/c24-23(25,26)17-7-9-19(10-8-17)31-21(16-5-3-15(13-27)4-6-16)12-20(29-31)22(32)30-11-1-2-18(28)14-30/h3-10,12,18H,1-2,11,14,28H2. The van der Waals surface area contributed by atoms with Crippen LogP contribution in [-0.2, 0) is 6.18 Å². The first-order valence-electron chi connectivity index (χ1n) is 10.1. The zero-order valence-electron chi connectivity index (χ0n) is 17.0. The van der Waals surface area contributed by atoms with Gasteiger partial charge in [-0.2, -0.15) is 23.5 Å². The third kappa shape index (κ3) is 4.36. The Labute approximate surface area is 182 Å². The summed E-state index contributed by atoms with van der Waals surface area (Å²) in [6.07, 6.45) is -2.80. The zero-order valence-corrected chi connectivity index (χ0v) is 17.0. The van der Waals surface area contributed by atoms with E-state index in [9.17, 15) is 18.0 Å². The molecule has 1 fully saturated rings. The van der Waals surface area contributed by atoms with Crippen molar-refractivity contribution in [3.8, 4) is 23.0 Å². The van der Waals surface area contributed by atoms with Crippen molar-refractivity contribution < 1.29 is 18.0 Å². The van der Waals surface area contributed by atoms with Crippen LogP contribution in [0.1, 0.15) is 34.5 Å². The molecule has 1 aromatic heterocycles. The Hall–Kier alpha value is -3.64. The van der Waals surface area contributed by atoms with Gasteiger partial charge in [-0.3, -0.25) is 4.79 Å². The van der Waals surface area contributed by atoms with Gasteiger partial charge in [0.05, 0.1) is 28.6 Å². The van der Waals surface area contributed by atoms with Crippen LogP contribution in [-0.4, -0.2) is 39.7 Å². The Morgan fingerprint density at radius 2 is 1.81 bits per heavy atom. The lowest BCUT2D eigenvalue weighted by molar-refractivity contribution is -0.137. The second-order valence-corrected chi connectivity index (χ2v) is 7.71. The average molecular weight is 439 g/mol. The summed E-state index contributed by atoms with van der Waals surface area (Å²) in [6, 6.07) is 14.8. The van der Waals surface area contributed by atoms with Crippen molar-refractivity contribution >= 4 is 5.91 Å². The van der Waals surface area contributed by atoms with Crippen LogP contribution in [0.15, 0.2) is 54.6 Å². The summed E-state index contributed by atoms with van der Waals surface area (Å²) in [4.78, 5) is 14.7. The van der Waals surface area contributed by atoms with Gasteiger partial charge in [0.15, 0.2) is 5.69 Å². The number of amides is 1. The van der Waals surface area contributed by atoms with Crippen LogP contribution < -0.4 is 5.73 Å². The van der Waals surface area contributed by atoms with Crippen LogP contribution in [0.2, 0.25) is 0 Å². The largest absolute Gasteiger partial charge is 0.416 e. The Kier molecular flexibility index (Phi) is 5.72. The van der Waals surface area contributed by atoms with Gasteiger partial charge in [0.2, 0.25) is 0 Å². The highest BCUT2D eigenvalue weighted by Gasteiger charge is 2.30. The third-order valence-electron chi connectivity index (χ3n) is 5.42. The number of carbonyl (C=O) groups excluding carboxylic acids is 1. The van der Waals surface area contributed by atoms with E-state index in [1.807, 2.05) is 6.07 Å². The number of piperidine rings is 1. The van der Waals surface area contributed by atoms with Gasteiger partial charge in [0.1, 0.15) is 0 Å². The summed E-state index contributed by atoms with van der Waals surface area (Å²) in [5, 5.41) is 13.5. The lowest BCUT2D eigenvalue weighted by Gasteiger charge is -2.30. The molecule has 2 aromatic carbocycles. The van der Waals surface area contributed by atoms with Gasteiger partial charge < -0.3 is 10.6 Å². The number of alkyl halides is 3. The highest BCUT2D eigenvalue weighted by molar-refractivity contribution is 5.93. The summed E-state index contributed by atoms with van der Waals surface area (Å²) in [6.45, 7) is 1.00. The minimum absolute atomic E-state index is 0.0947. The van der Waals surface area contributed by atoms with E-state index in [0.29, 0.717) is 35.6 Å². The van der Waals surface area contributed by atoms with Crippen LogP contribution in [0.3, 0.4) is 0 Å². The smallest absolute Gasteiger partial charge is 0.336 e. The first kappa shape index (κ1) is 21.6. The maximum Gasteiger partial charge on any atom is 0.416 e. The molecule has 1 aliphatic rings. The minimum atomic E-state index is -4.45. The van der Waals surface area contributed by atoms with E-state index in [1.165, 1.54) is 16.8 Å². The van der Waals surface area contributed by atoms with E-state index in [2.05, 4.69) is 5.10 Å². The molecule has 2 N–H and O–H groups in total. The molecule has 164 valence electrons. The predicted molar refractivity (Wildman–Crippen MR) is 112 cm³/mol. The third-order valence-corrected chi connectivity index (χ3v) is 5.42. The monoisotopic (exact) mass is 439 g/mol. The first-order valence-corrected chi connectivity index (χ1v) is 10.1. The number of rotatable bonds is 3. The summed E-state index contributed by atoms with van der Waals surface area (Å²) >= 11 is 0. The minimum Gasteiger partial charge on any atom is -0.336 e. The van der Waals surface area contributed by atoms with Gasteiger partial charge >= 0.3 is 6.18 Å². The number of halogens is 3. The molecule has 2 heterocycles. The molecule has 1 atom stereocenters. The molecular weight excluding hydrogens is 419 g/mol. The van der Waals surface area contributed by atoms with E-state index in [-0.39, 0.29) is 17.6 Å². The van der Waals surface area contributed by atoms with Crippen molar-refractivity contribution in [2.24, 2.45) is 5.73 Å². The quantitative estimate of drug-likeness (QED) is 0.668. The molecule has 1 amide bonds. The predicted octanol–water partition coefficient (Wildman–Crippen LogP) is 3.99. The van der Waals surface area contributed by atoms with Crippen molar-refractivity contribution in [2.45, 2.75) is 25.1 Å². The van der Waals surface area contributed by atoms with Gasteiger partial charge in [-0.1, -0.05) is 12.1 Å². The van der Waals surface area contributed by atoms with Gasteiger partial charge in [-0.25, -0.2) is 4.68 Å². The van der Waals surface area contributed by atoms with Crippen molar-refractivity contribution in [3.63, 3.8) is 0 Å². The number of nitriles is 1. The van der Waals surface area contributed by atoms with E-state index in [1.54, 1.807) is 35.2 Å². The van der Waals surface area contributed by atoms with Crippen LogP contribution in [0, 0.1) is 11.3 Å². The number of nitrogens with two attached hydrogens (primary N) is 1. The number of hydrogen-bond donors (Lipinski definition) is 1. The van der Waals surface area contributed by atoms with Gasteiger partial charge in [-0.15, -0.1) is 0 Å². The molecule has 0 radical (unpaired) electrons. The lowest BCUT2D eigenvalue weighted by Crippen LogP contribution is -2.45. The highest BCUT2D eigenvalue weighted by atomic mass is 19.4. The van der Waals surface area contributed by atoms with Crippen LogP contribution in [0.25, 0.3) is 16.9 Å². The fourth-order valence-corrected chi connectivity index (χ4v) is 3.75. The first-order chi connectivity index (χ1) is 15.3. The van der Waals surface area contributed by atoms with Gasteiger partial charge in [0, 0.05) is 24.7 Å². The normalized spacial score (nSPS) is 16.6. The molecule has 0 aliphatic carbocycles. The topological polar surface area (TPSA) is 87.9 Å². The maximum atomic E-state index is 13.1. The van der Waals surface area contributed by atoms with E-state index < -0.39 is 11.7 Å². The summed E-state index contributed by atoms with van der Waals surface area (Å²) in [7, 11) is 0. The Morgan fingerprint density at radius 3 is 2.41 bits per heavy atom. The van der Waals surface area contributed by atoms with E-state index >= 15 is 0 Å². The fourth-order valence-electron chi connectivity index (χ4n) is 3.75. The maximum absolute atomic E-state index is 13.1. The zero-order chi connectivity index (χ0) is 22.9. The van der Waals surface area contributed by atoms with Crippen molar-refractivity contribution in [3.05, 3.63) is 71.4 Å². The number of benzene rings is 2. The number of aromatic nitrogens is 2. The molecule has 6 nitrogen and oxygen atoms in total. The molecule has 32 heavy (non-hydrogen) atoms. The summed E-state index contributed by atoms with van der Waals surface area (Å²) in [5.74, 6) is -0.277. The van der Waals surface area contributed by atoms with Crippen molar-refractivity contribution in [2.75, 3.05) is 13.1 Å². The molecule has 4 rings (SSSR count). The van der Waals surface area contributed by atoms with Crippen molar-refractivity contribution in [1.29, 1.82) is 5.26 Å². The van der Waals surface area contributed by atoms with Crippen LogP contribution in [0.5, 0.6) is 0 Å². The molecular formula is C23H20F3N5O. The molecule has 0 saturated carbocycles. The van der Waals surface area contributed by atoms with Gasteiger partial charge in [0.25, 0.3) is 5.91 Å². The second kappa shape index (κ2) is 8.48. The van der Waals surface area contributed by atoms with E-state index in [4.69, 9.17) is 11.0 Å². The fraction of sp³-hybridized carbons (Fsp3) is 0.261. The molecule has 0 spiro atoms. The Balaban J connectivity index is 1.76. The molecule has 1 aliphatic heterocycles. The van der Waals surface area contributed by atoms with Crippen LogP contribution >= 0.6 is 0 Å². The lowest BCUT2D eigenvalue weighted by atomic mass is 10.1. The number of hydrogen-bond acceptors (Lipinski definition) is 4. The second-order valence-electron chi connectivity index (χ2n) is 7.71. The Morgan fingerprint density at radius 1 is 1.12 bits per heavy atom. The highest BCUT2D eigenvalue weighted by Crippen LogP contribution is 2.31. The van der Waals surface area contributed by atoms with E-state index in [0.717, 1.165) is 25.0 Å². The van der Waals surface area contributed by atoms with Gasteiger partial charge in [-0.05, 0) is 55.3 Å². The molecule has 9 heteroatoms. The summed E-state index contributed by atoms with van der Waals surface area (Å²) in [5.41, 5.74) is 7.45. The molecule has 3 aromatic rings. The van der Waals surface area contributed by atoms with Crippen LogP contribution in [0.4, 0.5) is 13.2 Å². The molecule has 1 unspecified atom stereocenters. The number of carbonyl (C=O) groups is 1. The molecule has 1 saturated heterocycles. The van der Waals surface area contributed by atoms with Crippen molar-refractivity contribution in [1.82, 2.24) is 14.7 Å². The average Bonchev–Trinajstić information content (AvgIpc) is 3.23. The number of nitrogens with zero attached hydrogens (tertiary/aromatic N) is 4. The SMILES string of the molecule is N#Cc1ccc(-c2cc(C(=O)N3CCCC(N)C3)nn2-c2ccc(C(F)(F)F)cc2)cc1. The molecule has 0 bridgehead atoms.